The maximum absolute atomic E-state index is 12.3. The summed E-state index contributed by atoms with van der Waals surface area (Å²) in [7, 11) is -1.86. The molecule has 0 aromatic heterocycles. The van der Waals surface area contributed by atoms with Gasteiger partial charge in [0.05, 0.1) is 12.0 Å². The van der Waals surface area contributed by atoms with Crippen LogP contribution in [0.2, 0.25) is 0 Å². The van der Waals surface area contributed by atoms with Crippen LogP contribution < -0.4 is 9.46 Å². The number of nitrogens with zero attached hydrogens (tertiary/aromatic N) is 1. The zero-order valence-corrected chi connectivity index (χ0v) is 15.0. The van der Waals surface area contributed by atoms with E-state index in [1.54, 1.807) is 25.3 Å². The molecule has 0 atom stereocenters. The van der Waals surface area contributed by atoms with Crippen LogP contribution in [0.3, 0.4) is 0 Å². The van der Waals surface area contributed by atoms with E-state index in [0.29, 0.717) is 17.2 Å². The van der Waals surface area contributed by atoms with Crippen molar-refractivity contribution in [1.82, 2.24) is 9.62 Å². The predicted molar refractivity (Wildman–Crippen MR) is 92.4 cm³/mol. The summed E-state index contributed by atoms with van der Waals surface area (Å²) in [4.78, 5) is 2.74. The second-order valence-electron chi connectivity index (χ2n) is 6.14. The maximum atomic E-state index is 12.3. The SMILES string of the molecule is COc1ccc(S(=O)(=O)NCCCN2CCCCCC2)cc1C. The average molecular weight is 340 g/mol. The fourth-order valence-corrected chi connectivity index (χ4v) is 4.13. The van der Waals surface area contributed by atoms with Crippen molar-refractivity contribution < 1.29 is 13.2 Å². The number of nitrogens with one attached hydrogen (secondary N) is 1. The fraction of sp³-hybridized carbons (Fsp3) is 0.647. The Hall–Kier alpha value is -1.11. The van der Waals surface area contributed by atoms with E-state index in [0.717, 1.165) is 31.6 Å². The summed E-state index contributed by atoms with van der Waals surface area (Å²) in [5.41, 5.74) is 0.819. The third kappa shape index (κ3) is 5.48. The first kappa shape index (κ1) is 18.2. The highest BCUT2D eigenvalue weighted by molar-refractivity contribution is 7.89. The number of benzene rings is 1. The number of hydrogen-bond donors (Lipinski definition) is 1. The van der Waals surface area contributed by atoms with Crippen molar-refractivity contribution in [3.05, 3.63) is 23.8 Å². The van der Waals surface area contributed by atoms with Crippen molar-refractivity contribution in [2.45, 2.75) is 43.9 Å². The Morgan fingerprint density at radius 2 is 1.87 bits per heavy atom. The first-order chi connectivity index (χ1) is 11.0. The fourth-order valence-electron chi connectivity index (χ4n) is 2.97. The van der Waals surface area contributed by atoms with Gasteiger partial charge in [-0.2, -0.15) is 0 Å². The minimum Gasteiger partial charge on any atom is -0.496 e. The molecule has 1 aliphatic heterocycles. The second kappa shape index (κ2) is 8.66. The lowest BCUT2D eigenvalue weighted by molar-refractivity contribution is 0.282. The van der Waals surface area contributed by atoms with E-state index >= 15 is 0 Å². The van der Waals surface area contributed by atoms with Crippen LogP contribution in [0, 0.1) is 6.92 Å². The molecule has 0 unspecified atom stereocenters. The molecule has 5 nitrogen and oxygen atoms in total. The van der Waals surface area contributed by atoms with Gasteiger partial charge in [-0.3, -0.25) is 0 Å². The smallest absolute Gasteiger partial charge is 0.240 e. The van der Waals surface area contributed by atoms with Crippen molar-refractivity contribution in [1.29, 1.82) is 0 Å². The van der Waals surface area contributed by atoms with E-state index in [9.17, 15) is 8.42 Å². The van der Waals surface area contributed by atoms with Crippen molar-refractivity contribution >= 4 is 10.0 Å². The lowest BCUT2D eigenvalue weighted by Gasteiger charge is -2.19. The Morgan fingerprint density at radius 3 is 2.48 bits per heavy atom. The Balaban J connectivity index is 1.82. The minimum absolute atomic E-state index is 0.297. The molecule has 1 saturated heterocycles. The van der Waals surface area contributed by atoms with Crippen molar-refractivity contribution in [3.63, 3.8) is 0 Å². The molecule has 23 heavy (non-hydrogen) atoms. The van der Waals surface area contributed by atoms with Gasteiger partial charge in [-0.25, -0.2) is 13.1 Å². The van der Waals surface area contributed by atoms with E-state index in [2.05, 4.69) is 9.62 Å². The van der Waals surface area contributed by atoms with E-state index in [-0.39, 0.29) is 0 Å². The van der Waals surface area contributed by atoms with Gasteiger partial charge < -0.3 is 9.64 Å². The topological polar surface area (TPSA) is 58.6 Å². The summed E-state index contributed by atoms with van der Waals surface area (Å²) in [6.07, 6.45) is 6.00. The van der Waals surface area contributed by atoms with Gasteiger partial charge in [0.25, 0.3) is 0 Å². The van der Waals surface area contributed by atoms with Crippen LogP contribution in [0.15, 0.2) is 23.1 Å². The normalized spacial score (nSPS) is 17.0. The maximum Gasteiger partial charge on any atom is 0.240 e. The summed E-state index contributed by atoms with van der Waals surface area (Å²) in [5.74, 6) is 0.699. The Labute approximate surface area is 140 Å². The van der Waals surface area contributed by atoms with Crippen LogP contribution in [0.4, 0.5) is 0 Å². The lowest BCUT2D eigenvalue weighted by atomic mass is 10.2. The zero-order valence-electron chi connectivity index (χ0n) is 14.2. The summed E-state index contributed by atoms with van der Waals surface area (Å²) in [5, 5.41) is 0. The molecule has 2 rings (SSSR count). The highest BCUT2D eigenvalue weighted by Gasteiger charge is 2.15. The van der Waals surface area contributed by atoms with E-state index in [1.165, 1.54) is 25.7 Å². The van der Waals surface area contributed by atoms with Gasteiger partial charge >= 0.3 is 0 Å². The third-order valence-corrected chi connectivity index (χ3v) is 5.78. The summed E-state index contributed by atoms with van der Waals surface area (Å²) >= 11 is 0. The van der Waals surface area contributed by atoms with Gasteiger partial charge in [0.15, 0.2) is 0 Å². The second-order valence-corrected chi connectivity index (χ2v) is 7.91. The number of sulfonamides is 1. The Morgan fingerprint density at radius 1 is 1.17 bits per heavy atom. The lowest BCUT2D eigenvalue weighted by Crippen LogP contribution is -2.30. The van der Waals surface area contributed by atoms with Crippen LogP contribution in [0.25, 0.3) is 0 Å². The van der Waals surface area contributed by atoms with E-state index in [4.69, 9.17) is 4.74 Å². The standard InChI is InChI=1S/C17H28N2O3S/c1-15-14-16(8-9-17(15)22-2)23(20,21)18-10-7-13-19-11-5-3-4-6-12-19/h8-9,14,18H,3-7,10-13H2,1-2H3. The number of methoxy groups -OCH3 is 1. The largest absolute Gasteiger partial charge is 0.496 e. The first-order valence-corrected chi connectivity index (χ1v) is 9.88. The number of hydrogen-bond acceptors (Lipinski definition) is 4. The van der Waals surface area contributed by atoms with Crippen LogP contribution in [-0.4, -0.2) is 46.6 Å². The van der Waals surface area contributed by atoms with Crippen LogP contribution in [-0.2, 0) is 10.0 Å². The molecule has 1 fully saturated rings. The molecule has 0 amide bonds. The molecule has 0 bridgehead atoms. The number of aryl methyl sites for hydroxylation is 1. The molecule has 0 spiro atoms. The monoisotopic (exact) mass is 340 g/mol. The van der Waals surface area contributed by atoms with Crippen LogP contribution >= 0.6 is 0 Å². The van der Waals surface area contributed by atoms with Gasteiger partial charge in [0, 0.05) is 6.54 Å². The first-order valence-electron chi connectivity index (χ1n) is 8.39. The van der Waals surface area contributed by atoms with Crippen molar-refractivity contribution in [2.75, 3.05) is 33.3 Å². The van der Waals surface area contributed by atoms with Crippen molar-refractivity contribution in [2.24, 2.45) is 0 Å². The zero-order chi connectivity index (χ0) is 16.7. The Bertz CT molecular complexity index is 594. The van der Waals surface area contributed by atoms with E-state index < -0.39 is 10.0 Å². The number of likely N-dealkylation sites (tertiary alicyclic amines) is 1. The molecule has 0 saturated carbocycles. The number of rotatable bonds is 7. The van der Waals surface area contributed by atoms with E-state index in [1.807, 2.05) is 6.92 Å². The van der Waals surface area contributed by atoms with Crippen molar-refractivity contribution in [3.8, 4) is 5.75 Å². The van der Waals surface area contributed by atoms with Crippen LogP contribution in [0.5, 0.6) is 5.75 Å². The Kier molecular flexibility index (Phi) is 6.87. The third-order valence-electron chi connectivity index (χ3n) is 4.32. The average Bonchev–Trinajstić information content (AvgIpc) is 2.80. The van der Waals surface area contributed by atoms with Gasteiger partial charge in [-0.05, 0) is 69.6 Å². The van der Waals surface area contributed by atoms with Gasteiger partial charge in [-0.1, -0.05) is 12.8 Å². The number of ether oxygens (including phenoxy) is 1. The molecule has 0 radical (unpaired) electrons. The summed E-state index contributed by atoms with van der Waals surface area (Å²) < 4.78 is 32.5. The molecule has 6 heteroatoms. The predicted octanol–water partition coefficient (Wildman–Crippen LogP) is 2.55. The van der Waals surface area contributed by atoms with Gasteiger partial charge in [0.1, 0.15) is 5.75 Å². The minimum atomic E-state index is -3.44. The summed E-state index contributed by atoms with van der Waals surface area (Å²) in [6, 6.07) is 4.93. The molecule has 0 aliphatic carbocycles. The molecule has 1 N–H and O–H groups in total. The molecular formula is C17H28N2O3S. The molecule has 1 heterocycles. The molecule has 1 aromatic carbocycles. The van der Waals surface area contributed by atoms with Crippen LogP contribution in [0.1, 0.15) is 37.7 Å². The van der Waals surface area contributed by atoms with Gasteiger partial charge in [0.2, 0.25) is 10.0 Å². The molecular weight excluding hydrogens is 312 g/mol. The summed E-state index contributed by atoms with van der Waals surface area (Å²) in [6.45, 7) is 5.57. The molecule has 1 aromatic rings. The highest BCUT2D eigenvalue weighted by Crippen LogP contribution is 2.21. The quantitative estimate of drug-likeness (QED) is 0.775. The van der Waals surface area contributed by atoms with Gasteiger partial charge in [-0.15, -0.1) is 0 Å². The molecule has 1 aliphatic rings. The molecule has 130 valence electrons. The highest BCUT2D eigenvalue weighted by atomic mass is 32.2.